The third-order valence-electron chi connectivity index (χ3n) is 1.93. The van der Waals surface area contributed by atoms with Crippen LogP contribution in [0.25, 0.3) is 0 Å². The summed E-state index contributed by atoms with van der Waals surface area (Å²) in [6.07, 6.45) is 0.827. The van der Waals surface area contributed by atoms with Gasteiger partial charge in [-0.15, -0.1) is 0 Å². The number of rotatable bonds is 1. The van der Waals surface area contributed by atoms with Gasteiger partial charge in [-0.2, -0.15) is 0 Å². The molecule has 1 aliphatic rings. The molecule has 0 radical (unpaired) electrons. The molecule has 1 aliphatic carbocycles. The van der Waals surface area contributed by atoms with Crippen molar-refractivity contribution in [2.24, 2.45) is 0 Å². The van der Waals surface area contributed by atoms with E-state index in [9.17, 15) is 14.7 Å². The van der Waals surface area contributed by atoms with E-state index in [1.54, 1.807) is 0 Å². The van der Waals surface area contributed by atoms with E-state index in [0.29, 0.717) is 12.8 Å². The molecule has 0 spiro atoms. The third kappa shape index (κ3) is 1.57. The normalized spacial score (nSPS) is 31.9. The second-order valence-corrected chi connectivity index (χ2v) is 2.91. The average molecular weight is 158 g/mol. The summed E-state index contributed by atoms with van der Waals surface area (Å²) in [6, 6.07) is 0. The fourth-order valence-electron chi connectivity index (χ4n) is 1.26. The van der Waals surface area contributed by atoms with Crippen molar-refractivity contribution in [3.05, 3.63) is 0 Å². The maximum Gasteiger partial charge on any atom is 0.336 e. The maximum absolute atomic E-state index is 10.8. The molecule has 0 saturated heterocycles. The molecular formula is C7H10O4. The van der Waals surface area contributed by atoms with Crippen LogP contribution in [0.4, 0.5) is 0 Å². The summed E-state index contributed by atoms with van der Waals surface area (Å²) in [5.41, 5.74) is -1.78. The zero-order valence-electron chi connectivity index (χ0n) is 6.04. The quantitative estimate of drug-likeness (QED) is 0.560. The molecule has 0 amide bonds. The van der Waals surface area contributed by atoms with Crippen molar-refractivity contribution in [3.63, 3.8) is 0 Å². The molecule has 4 nitrogen and oxygen atoms in total. The zero-order chi connectivity index (χ0) is 8.48. The fourth-order valence-corrected chi connectivity index (χ4v) is 1.26. The predicted octanol–water partition coefficient (Wildman–Crippen LogP) is -0.0548. The Morgan fingerprint density at radius 3 is 2.55 bits per heavy atom. The summed E-state index contributed by atoms with van der Waals surface area (Å²) >= 11 is 0. The van der Waals surface area contributed by atoms with Crippen LogP contribution >= 0.6 is 0 Å². The topological polar surface area (TPSA) is 74.6 Å². The lowest BCUT2D eigenvalue weighted by molar-refractivity contribution is -0.164. The first-order valence-corrected chi connectivity index (χ1v) is 3.52. The van der Waals surface area contributed by atoms with E-state index in [0.717, 1.165) is 0 Å². The van der Waals surface area contributed by atoms with Gasteiger partial charge in [0.2, 0.25) is 0 Å². The van der Waals surface area contributed by atoms with Gasteiger partial charge in [-0.3, -0.25) is 4.79 Å². The van der Waals surface area contributed by atoms with Crippen LogP contribution in [0.15, 0.2) is 0 Å². The van der Waals surface area contributed by atoms with Crippen molar-refractivity contribution in [3.8, 4) is 0 Å². The highest BCUT2D eigenvalue weighted by Crippen LogP contribution is 2.25. The first-order chi connectivity index (χ1) is 5.04. The number of carbonyl (C=O) groups is 2. The number of aliphatic hydroxyl groups is 1. The van der Waals surface area contributed by atoms with Gasteiger partial charge in [0, 0.05) is 12.8 Å². The highest BCUT2D eigenvalue weighted by molar-refractivity contribution is 5.89. The number of hydrogen-bond donors (Lipinski definition) is 2. The molecule has 1 fully saturated rings. The molecule has 0 aromatic heterocycles. The molecule has 4 heteroatoms. The molecule has 0 aromatic rings. The summed E-state index contributed by atoms with van der Waals surface area (Å²) in [7, 11) is 0. The van der Waals surface area contributed by atoms with Crippen LogP contribution in [0.3, 0.4) is 0 Å². The first kappa shape index (κ1) is 8.20. The van der Waals surface area contributed by atoms with Gasteiger partial charge in [-0.1, -0.05) is 0 Å². The maximum atomic E-state index is 10.8. The molecule has 0 aromatic carbocycles. The van der Waals surface area contributed by atoms with Gasteiger partial charge in [0.15, 0.2) is 5.60 Å². The van der Waals surface area contributed by atoms with Gasteiger partial charge in [-0.25, -0.2) is 4.79 Å². The molecule has 0 aliphatic heterocycles. The van der Waals surface area contributed by atoms with E-state index in [1.807, 2.05) is 0 Å². The number of hydrogen-bond acceptors (Lipinski definition) is 3. The molecule has 11 heavy (non-hydrogen) atoms. The number of ketones is 1. The van der Waals surface area contributed by atoms with Crippen molar-refractivity contribution in [1.82, 2.24) is 0 Å². The van der Waals surface area contributed by atoms with Crippen LogP contribution < -0.4 is 0 Å². The van der Waals surface area contributed by atoms with Crippen molar-refractivity contribution in [2.75, 3.05) is 0 Å². The highest BCUT2D eigenvalue weighted by atomic mass is 16.4. The van der Waals surface area contributed by atoms with E-state index >= 15 is 0 Å². The van der Waals surface area contributed by atoms with E-state index in [1.165, 1.54) is 0 Å². The molecule has 1 saturated carbocycles. The van der Waals surface area contributed by atoms with E-state index in [-0.39, 0.29) is 18.6 Å². The van der Waals surface area contributed by atoms with Crippen LogP contribution in [-0.2, 0) is 9.59 Å². The monoisotopic (exact) mass is 158 g/mol. The lowest BCUT2D eigenvalue weighted by Gasteiger charge is -2.26. The Hall–Kier alpha value is -0.900. The number of carbonyl (C=O) groups excluding carboxylic acids is 1. The molecule has 2 N–H and O–H groups in total. The van der Waals surface area contributed by atoms with E-state index in [4.69, 9.17) is 5.11 Å². The highest BCUT2D eigenvalue weighted by Gasteiger charge is 2.40. The van der Waals surface area contributed by atoms with Gasteiger partial charge in [0.25, 0.3) is 0 Å². The second kappa shape index (κ2) is 2.62. The van der Waals surface area contributed by atoms with Crippen molar-refractivity contribution in [1.29, 1.82) is 0 Å². The van der Waals surface area contributed by atoms with Gasteiger partial charge < -0.3 is 10.2 Å². The largest absolute Gasteiger partial charge is 0.479 e. The Morgan fingerprint density at radius 1 is 1.55 bits per heavy atom. The number of aliphatic carboxylic acids is 1. The Kier molecular flexibility index (Phi) is 1.95. The van der Waals surface area contributed by atoms with Crippen LogP contribution in [0.2, 0.25) is 0 Å². The summed E-state index contributed by atoms with van der Waals surface area (Å²) in [5, 5.41) is 17.8. The Labute approximate surface area is 63.8 Å². The van der Waals surface area contributed by atoms with Crippen LogP contribution in [-0.4, -0.2) is 27.6 Å². The molecule has 0 bridgehead atoms. The second-order valence-electron chi connectivity index (χ2n) is 2.91. The average Bonchev–Trinajstić information content (AvgIpc) is 1.86. The minimum Gasteiger partial charge on any atom is -0.479 e. The summed E-state index contributed by atoms with van der Waals surface area (Å²) in [5.74, 6) is -1.45. The number of carboxylic acids is 1. The number of carboxylic acid groups (broad SMARTS) is 1. The van der Waals surface area contributed by atoms with Crippen molar-refractivity contribution in [2.45, 2.75) is 31.3 Å². The molecule has 1 atom stereocenters. The molecular weight excluding hydrogens is 148 g/mol. The molecule has 0 unspecified atom stereocenters. The first-order valence-electron chi connectivity index (χ1n) is 3.52. The van der Waals surface area contributed by atoms with Crippen molar-refractivity contribution >= 4 is 11.8 Å². The van der Waals surface area contributed by atoms with Crippen molar-refractivity contribution < 1.29 is 19.8 Å². The van der Waals surface area contributed by atoms with Gasteiger partial charge in [-0.05, 0) is 12.8 Å². The summed E-state index contributed by atoms with van der Waals surface area (Å²) < 4.78 is 0. The summed E-state index contributed by atoms with van der Waals surface area (Å²) in [4.78, 5) is 21.2. The SMILES string of the molecule is O=C1CCC[C@](O)(C(=O)O)C1. The van der Waals surface area contributed by atoms with E-state index < -0.39 is 11.6 Å². The molecule has 0 heterocycles. The minimum atomic E-state index is -1.78. The lowest BCUT2D eigenvalue weighted by atomic mass is 9.84. The van der Waals surface area contributed by atoms with Crippen LogP contribution in [0.5, 0.6) is 0 Å². The zero-order valence-corrected chi connectivity index (χ0v) is 6.04. The Balaban J connectivity index is 2.70. The number of Topliss-reactive ketones (excluding diaryl/α,β-unsaturated/α-hetero) is 1. The molecule has 1 rings (SSSR count). The van der Waals surface area contributed by atoms with Crippen LogP contribution in [0, 0.1) is 0 Å². The smallest absolute Gasteiger partial charge is 0.336 e. The fraction of sp³-hybridized carbons (Fsp3) is 0.714. The minimum absolute atomic E-state index is 0.166. The third-order valence-corrected chi connectivity index (χ3v) is 1.93. The van der Waals surface area contributed by atoms with Gasteiger partial charge in [0.1, 0.15) is 5.78 Å². The van der Waals surface area contributed by atoms with Gasteiger partial charge in [0.05, 0.1) is 0 Å². The lowest BCUT2D eigenvalue weighted by Crippen LogP contribution is -2.43. The summed E-state index contributed by atoms with van der Waals surface area (Å²) in [6.45, 7) is 0. The Bertz CT molecular complexity index is 199. The van der Waals surface area contributed by atoms with E-state index in [2.05, 4.69) is 0 Å². The molecule has 62 valence electrons. The van der Waals surface area contributed by atoms with Gasteiger partial charge >= 0.3 is 5.97 Å². The standard InChI is InChI=1S/C7H10O4/c8-5-2-1-3-7(11,4-5)6(9)10/h11H,1-4H2,(H,9,10)/t7-/m1/s1. The van der Waals surface area contributed by atoms with Crippen LogP contribution in [0.1, 0.15) is 25.7 Å². The predicted molar refractivity (Wildman–Crippen MR) is 36.1 cm³/mol. The Morgan fingerprint density at radius 2 is 2.18 bits per heavy atom.